The zero-order chi connectivity index (χ0) is 17.7. The van der Waals surface area contributed by atoms with E-state index in [-0.39, 0.29) is 12.5 Å². The predicted molar refractivity (Wildman–Crippen MR) is 95.2 cm³/mol. The Bertz CT molecular complexity index is 735. The second-order valence-electron chi connectivity index (χ2n) is 6.26. The Morgan fingerprint density at radius 3 is 2.62 bits per heavy atom. The average Bonchev–Trinajstić information content (AvgIpc) is 2.92. The SMILES string of the molecule is Cc1ccccc1-c1csc(NC(=O)CNC(=O)OC(C)(C)C)n1. The van der Waals surface area contributed by atoms with Gasteiger partial charge in [0.05, 0.1) is 5.69 Å². The van der Waals surface area contributed by atoms with Crippen molar-refractivity contribution in [2.75, 3.05) is 11.9 Å². The van der Waals surface area contributed by atoms with Gasteiger partial charge in [-0.1, -0.05) is 24.3 Å². The first-order chi connectivity index (χ1) is 11.2. The Morgan fingerprint density at radius 1 is 1.25 bits per heavy atom. The number of hydrogen-bond acceptors (Lipinski definition) is 5. The summed E-state index contributed by atoms with van der Waals surface area (Å²) in [4.78, 5) is 27.8. The lowest BCUT2D eigenvalue weighted by atomic mass is 10.1. The van der Waals surface area contributed by atoms with Crippen molar-refractivity contribution in [3.8, 4) is 11.3 Å². The molecule has 6 nitrogen and oxygen atoms in total. The summed E-state index contributed by atoms with van der Waals surface area (Å²) < 4.78 is 5.07. The molecule has 0 aliphatic heterocycles. The summed E-state index contributed by atoms with van der Waals surface area (Å²) in [5.74, 6) is -0.355. The van der Waals surface area contributed by atoms with Crippen LogP contribution in [0.25, 0.3) is 11.3 Å². The monoisotopic (exact) mass is 347 g/mol. The molecule has 0 fully saturated rings. The molecule has 0 spiro atoms. The molecule has 0 unspecified atom stereocenters. The first-order valence-corrected chi connectivity index (χ1v) is 8.41. The van der Waals surface area contributed by atoms with Crippen LogP contribution in [0.4, 0.5) is 9.93 Å². The molecule has 0 aliphatic rings. The second kappa shape index (κ2) is 7.44. The third-order valence-electron chi connectivity index (χ3n) is 2.96. The summed E-state index contributed by atoms with van der Waals surface area (Å²) in [7, 11) is 0. The lowest BCUT2D eigenvalue weighted by Gasteiger charge is -2.19. The van der Waals surface area contributed by atoms with Gasteiger partial charge in [0.15, 0.2) is 5.13 Å². The van der Waals surface area contributed by atoms with Gasteiger partial charge in [-0.25, -0.2) is 9.78 Å². The maximum Gasteiger partial charge on any atom is 0.408 e. The number of alkyl carbamates (subject to hydrolysis) is 1. The fourth-order valence-corrected chi connectivity index (χ4v) is 2.67. The van der Waals surface area contributed by atoms with Gasteiger partial charge in [0.1, 0.15) is 12.1 Å². The predicted octanol–water partition coefficient (Wildman–Crippen LogP) is 3.58. The summed E-state index contributed by atoms with van der Waals surface area (Å²) >= 11 is 1.34. The van der Waals surface area contributed by atoms with Crippen LogP contribution in [0.3, 0.4) is 0 Å². The van der Waals surface area contributed by atoms with Crippen molar-refractivity contribution >= 4 is 28.5 Å². The number of amides is 2. The van der Waals surface area contributed by atoms with Crippen LogP contribution in [0.5, 0.6) is 0 Å². The molecule has 24 heavy (non-hydrogen) atoms. The van der Waals surface area contributed by atoms with Crippen LogP contribution in [0.2, 0.25) is 0 Å². The van der Waals surface area contributed by atoms with Crippen LogP contribution in [0.1, 0.15) is 26.3 Å². The standard InChI is InChI=1S/C17H21N3O3S/c1-11-7-5-6-8-12(11)13-10-24-15(19-13)20-14(21)9-18-16(22)23-17(2,3)4/h5-8,10H,9H2,1-4H3,(H,18,22)(H,19,20,21). The highest BCUT2D eigenvalue weighted by Crippen LogP contribution is 2.27. The number of thiazole rings is 1. The topological polar surface area (TPSA) is 80.3 Å². The van der Waals surface area contributed by atoms with Gasteiger partial charge in [0, 0.05) is 10.9 Å². The maximum absolute atomic E-state index is 11.9. The van der Waals surface area contributed by atoms with Crippen molar-refractivity contribution in [1.82, 2.24) is 10.3 Å². The highest BCUT2D eigenvalue weighted by molar-refractivity contribution is 7.14. The maximum atomic E-state index is 11.9. The molecule has 0 aliphatic carbocycles. The first kappa shape index (κ1) is 17.9. The Hall–Kier alpha value is -2.41. The van der Waals surface area contributed by atoms with E-state index >= 15 is 0 Å². The number of aromatic nitrogens is 1. The van der Waals surface area contributed by atoms with Crippen molar-refractivity contribution in [2.45, 2.75) is 33.3 Å². The van der Waals surface area contributed by atoms with Gasteiger partial charge in [-0.15, -0.1) is 11.3 Å². The number of anilines is 1. The zero-order valence-electron chi connectivity index (χ0n) is 14.2. The van der Waals surface area contributed by atoms with E-state index in [1.54, 1.807) is 20.8 Å². The van der Waals surface area contributed by atoms with Gasteiger partial charge < -0.3 is 15.4 Å². The van der Waals surface area contributed by atoms with Gasteiger partial charge in [-0.3, -0.25) is 4.79 Å². The molecule has 2 N–H and O–H groups in total. The minimum absolute atomic E-state index is 0.172. The van der Waals surface area contributed by atoms with Crippen molar-refractivity contribution in [2.24, 2.45) is 0 Å². The van der Waals surface area contributed by atoms with Crippen molar-refractivity contribution in [3.05, 3.63) is 35.2 Å². The Morgan fingerprint density at radius 2 is 1.96 bits per heavy atom. The summed E-state index contributed by atoms with van der Waals surface area (Å²) in [6, 6.07) is 7.92. The Balaban J connectivity index is 1.89. The van der Waals surface area contributed by atoms with Crippen LogP contribution in [0, 0.1) is 6.92 Å². The number of nitrogens with one attached hydrogen (secondary N) is 2. The molecule has 0 radical (unpaired) electrons. The minimum atomic E-state index is -0.627. The summed E-state index contributed by atoms with van der Waals surface area (Å²) in [5.41, 5.74) is 2.36. The van der Waals surface area contributed by atoms with Gasteiger partial charge >= 0.3 is 6.09 Å². The quantitative estimate of drug-likeness (QED) is 0.886. The summed E-state index contributed by atoms with van der Waals surface area (Å²) in [5, 5.41) is 7.46. The number of benzene rings is 1. The Labute approximate surface area is 145 Å². The fourth-order valence-electron chi connectivity index (χ4n) is 1.95. The number of aryl methyl sites for hydroxylation is 1. The normalized spacial score (nSPS) is 11.0. The van der Waals surface area contributed by atoms with E-state index in [1.807, 2.05) is 36.6 Å². The van der Waals surface area contributed by atoms with Gasteiger partial charge in [0.2, 0.25) is 5.91 Å². The number of hydrogen-bond donors (Lipinski definition) is 2. The molecule has 2 aromatic rings. The number of nitrogens with zero attached hydrogens (tertiary/aromatic N) is 1. The summed E-state index contributed by atoms with van der Waals surface area (Å²) in [6.07, 6.45) is -0.627. The molecule has 1 aromatic carbocycles. The smallest absolute Gasteiger partial charge is 0.408 e. The molecule has 0 atom stereocenters. The van der Waals surface area contributed by atoms with Crippen molar-refractivity contribution in [3.63, 3.8) is 0 Å². The molecule has 0 bridgehead atoms. The van der Waals surface area contributed by atoms with E-state index in [0.29, 0.717) is 5.13 Å². The molecule has 128 valence electrons. The third-order valence-corrected chi connectivity index (χ3v) is 3.72. The first-order valence-electron chi connectivity index (χ1n) is 7.53. The highest BCUT2D eigenvalue weighted by Gasteiger charge is 2.17. The van der Waals surface area contributed by atoms with E-state index in [0.717, 1.165) is 16.8 Å². The van der Waals surface area contributed by atoms with E-state index in [1.165, 1.54) is 11.3 Å². The van der Waals surface area contributed by atoms with E-state index in [4.69, 9.17) is 4.74 Å². The minimum Gasteiger partial charge on any atom is -0.444 e. The molecule has 0 saturated carbocycles. The van der Waals surface area contributed by atoms with Crippen LogP contribution in [0.15, 0.2) is 29.6 Å². The average molecular weight is 347 g/mol. The van der Waals surface area contributed by atoms with Gasteiger partial charge in [-0.2, -0.15) is 0 Å². The van der Waals surface area contributed by atoms with Crippen LogP contribution >= 0.6 is 11.3 Å². The van der Waals surface area contributed by atoms with Crippen LogP contribution < -0.4 is 10.6 Å². The number of ether oxygens (including phenoxy) is 1. The number of carbonyl (C=O) groups excluding carboxylic acids is 2. The molecule has 1 aromatic heterocycles. The highest BCUT2D eigenvalue weighted by atomic mass is 32.1. The van der Waals surface area contributed by atoms with Gasteiger partial charge in [0.25, 0.3) is 0 Å². The molecule has 1 heterocycles. The molecule has 7 heteroatoms. The fraction of sp³-hybridized carbons (Fsp3) is 0.353. The molecule has 0 saturated heterocycles. The van der Waals surface area contributed by atoms with E-state index in [2.05, 4.69) is 15.6 Å². The zero-order valence-corrected chi connectivity index (χ0v) is 15.0. The molecule has 2 rings (SSSR count). The molecular weight excluding hydrogens is 326 g/mol. The van der Waals surface area contributed by atoms with Gasteiger partial charge in [-0.05, 0) is 33.3 Å². The lowest BCUT2D eigenvalue weighted by Crippen LogP contribution is -2.37. The van der Waals surface area contributed by atoms with Crippen molar-refractivity contribution in [1.29, 1.82) is 0 Å². The summed E-state index contributed by atoms with van der Waals surface area (Å²) in [6.45, 7) is 7.12. The molecule has 2 amide bonds. The largest absolute Gasteiger partial charge is 0.444 e. The molecular formula is C17H21N3O3S. The van der Waals surface area contributed by atoms with Crippen LogP contribution in [-0.4, -0.2) is 29.1 Å². The third kappa shape index (κ3) is 5.34. The second-order valence-corrected chi connectivity index (χ2v) is 7.11. The Kier molecular flexibility index (Phi) is 5.56. The lowest BCUT2D eigenvalue weighted by molar-refractivity contribution is -0.115. The van der Waals surface area contributed by atoms with Crippen LogP contribution in [-0.2, 0) is 9.53 Å². The van der Waals surface area contributed by atoms with E-state index < -0.39 is 11.7 Å². The number of carbonyl (C=O) groups is 2. The van der Waals surface area contributed by atoms with Crippen molar-refractivity contribution < 1.29 is 14.3 Å². The number of rotatable bonds is 4. The van der Waals surface area contributed by atoms with E-state index in [9.17, 15) is 9.59 Å².